The number of rotatable bonds is 10. The molecular formula is C25H28N2O5S. The van der Waals surface area contributed by atoms with Crippen molar-refractivity contribution in [2.45, 2.75) is 26.3 Å². The molecule has 1 aliphatic rings. The van der Waals surface area contributed by atoms with Crippen LogP contribution in [0.3, 0.4) is 0 Å². The van der Waals surface area contributed by atoms with E-state index in [4.69, 9.17) is 9.15 Å². The third-order valence-electron chi connectivity index (χ3n) is 6.22. The molecule has 2 aromatic heterocycles. The van der Waals surface area contributed by atoms with Gasteiger partial charge >= 0.3 is 0 Å². The maximum atomic E-state index is 13.5. The Hall–Kier alpha value is -3.10. The van der Waals surface area contributed by atoms with Gasteiger partial charge < -0.3 is 24.1 Å². The summed E-state index contributed by atoms with van der Waals surface area (Å²) in [5.74, 6) is -1.40. The highest BCUT2D eigenvalue weighted by Gasteiger charge is 2.40. The highest BCUT2D eigenvalue weighted by atomic mass is 32.1. The molecule has 7 nitrogen and oxygen atoms in total. The Balaban J connectivity index is 1.67. The molecule has 174 valence electrons. The zero-order valence-electron chi connectivity index (χ0n) is 19.1. The Morgan fingerprint density at radius 3 is 2.70 bits per heavy atom. The van der Waals surface area contributed by atoms with Gasteiger partial charge in [-0.15, -0.1) is 11.3 Å². The van der Waals surface area contributed by atoms with E-state index >= 15 is 0 Å². The first-order chi connectivity index (χ1) is 16.0. The minimum atomic E-state index is -0.749. The van der Waals surface area contributed by atoms with Crippen molar-refractivity contribution in [2.24, 2.45) is 0 Å². The Morgan fingerprint density at radius 1 is 1.24 bits per heavy atom. The van der Waals surface area contributed by atoms with Gasteiger partial charge in [0, 0.05) is 28.8 Å². The largest absolute Gasteiger partial charge is 0.868 e. The molecule has 3 heterocycles. The van der Waals surface area contributed by atoms with E-state index in [-0.39, 0.29) is 11.3 Å². The van der Waals surface area contributed by atoms with E-state index < -0.39 is 23.5 Å². The lowest BCUT2D eigenvalue weighted by Gasteiger charge is -2.27. The summed E-state index contributed by atoms with van der Waals surface area (Å²) in [6.45, 7) is 7.58. The number of nitrogens with one attached hydrogen (secondary N) is 1. The number of thiophene rings is 1. The number of ether oxygens (including phenoxy) is 1. The maximum Gasteiger partial charge on any atom is 0.240 e. The monoisotopic (exact) mass is 468 g/mol. The minimum absolute atomic E-state index is 0.0293. The number of methoxy groups -OCH3 is 1. The van der Waals surface area contributed by atoms with E-state index in [2.05, 4.69) is 13.8 Å². The summed E-state index contributed by atoms with van der Waals surface area (Å²) in [5.41, 5.74) is 0.392. The molecule has 1 unspecified atom stereocenters. The number of carbonyl (C=O) groups excluding carboxylic acids is 2. The minimum Gasteiger partial charge on any atom is -0.868 e. The summed E-state index contributed by atoms with van der Waals surface area (Å²) in [6.07, 6.45) is 0.751. The zero-order valence-corrected chi connectivity index (χ0v) is 19.9. The van der Waals surface area contributed by atoms with Gasteiger partial charge in [0.2, 0.25) is 11.7 Å². The SMILES string of the molecule is CC[NH+](CC)CCCN1C(=O)C([O-])=C(C(=O)c2cc3cccc(OC)c3o2)C1c1cccs1. The van der Waals surface area contributed by atoms with Crippen molar-refractivity contribution in [1.29, 1.82) is 0 Å². The number of Topliss-reactive ketones (excluding diaryl/α,β-unsaturated/α-hetero) is 1. The van der Waals surface area contributed by atoms with Gasteiger partial charge in [0.05, 0.1) is 32.8 Å². The molecule has 0 saturated carbocycles. The molecule has 4 rings (SSSR count). The number of quaternary nitrogens is 1. The molecule has 0 spiro atoms. The van der Waals surface area contributed by atoms with Crippen LogP contribution in [0.1, 0.15) is 41.7 Å². The number of para-hydroxylation sites is 1. The van der Waals surface area contributed by atoms with E-state index in [1.807, 2.05) is 23.6 Å². The predicted octanol–water partition coefficient (Wildman–Crippen LogP) is 2.20. The summed E-state index contributed by atoms with van der Waals surface area (Å²) < 4.78 is 11.1. The Kier molecular flexibility index (Phi) is 6.85. The number of amides is 1. The molecule has 1 N–H and O–H groups in total. The third kappa shape index (κ3) is 4.28. The van der Waals surface area contributed by atoms with Gasteiger partial charge in [0.1, 0.15) is 0 Å². The van der Waals surface area contributed by atoms with Gasteiger partial charge in [-0.05, 0) is 43.2 Å². The summed E-state index contributed by atoms with van der Waals surface area (Å²) >= 11 is 1.43. The van der Waals surface area contributed by atoms with Crippen molar-refractivity contribution in [3.63, 3.8) is 0 Å². The molecule has 0 fully saturated rings. The summed E-state index contributed by atoms with van der Waals surface area (Å²) in [6, 6.07) is 9.98. The molecule has 33 heavy (non-hydrogen) atoms. The Morgan fingerprint density at radius 2 is 2.03 bits per heavy atom. The molecular weight excluding hydrogens is 440 g/mol. The summed E-state index contributed by atoms with van der Waals surface area (Å²) in [7, 11) is 1.53. The van der Waals surface area contributed by atoms with Gasteiger partial charge in [0.25, 0.3) is 0 Å². The molecule has 0 saturated heterocycles. The van der Waals surface area contributed by atoms with Gasteiger partial charge in [-0.3, -0.25) is 9.59 Å². The maximum absolute atomic E-state index is 13.5. The quantitative estimate of drug-likeness (QED) is 0.461. The summed E-state index contributed by atoms with van der Waals surface area (Å²) in [4.78, 5) is 30.3. The van der Waals surface area contributed by atoms with Crippen molar-refractivity contribution in [3.8, 4) is 5.75 Å². The Bertz CT molecular complexity index is 1180. The Labute approximate surface area is 196 Å². The molecule has 3 aromatic rings. The van der Waals surface area contributed by atoms with Crippen molar-refractivity contribution in [1.82, 2.24) is 4.90 Å². The number of nitrogens with zero attached hydrogens (tertiary/aromatic N) is 1. The number of hydrogen-bond acceptors (Lipinski definition) is 6. The highest BCUT2D eigenvalue weighted by Crippen LogP contribution is 2.41. The second-order valence-corrected chi connectivity index (χ2v) is 9.02. The molecule has 0 bridgehead atoms. The fourth-order valence-corrected chi connectivity index (χ4v) is 5.23. The topological polar surface area (TPSA) is 87.2 Å². The van der Waals surface area contributed by atoms with E-state index in [0.29, 0.717) is 23.3 Å². The number of benzene rings is 1. The van der Waals surface area contributed by atoms with Gasteiger partial charge in [-0.1, -0.05) is 18.2 Å². The molecule has 0 radical (unpaired) electrons. The second kappa shape index (κ2) is 9.80. The lowest BCUT2D eigenvalue weighted by Crippen LogP contribution is -3.11. The zero-order chi connectivity index (χ0) is 23.5. The van der Waals surface area contributed by atoms with Crippen LogP contribution >= 0.6 is 11.3 Å². The normalized spacial score (nSPS) is 16.4. The lowest BCUT2D eigenvalue weighted by atomic mass is 10.00. The smallest absolute Gasteiger partial charge is 0.240 e. The number of hydrogen-bond donors (Lipinski definition) is 1. The van der Waals surface area contributed by atoms with Crippen molar-refractivity contribution >= 4 is 34.0 Å². The van der Waals surface area contributed by atoms with Crippen LogP contribution in [-0.4, -0.2) is 49.9 Å². The van der Waals surface area contributed by atoms with E-state index in [1.54, 1.807) is 23.1 Å². The van der Waals surface area contributed by atoms with Crippen LogP contribution in [-0.2, 0) is 4.79 Å². The van der Waals surface area contributed by atoms with E-state index in [1.165, 1.54) is 23.3 Å². The average Bonchev–Trinajstić information content (AvgIpc) is 3.56. The van der Waals surface area contributed by atoms with Crippen LogP contribution in [0.4, 0.5) is 0 Å². The van der Waals surface area contributed by atoms with E-state index in [0.717, 1.165) is 30.9 Å². The molecule has 1 amide bonds. The standard InChI is InChI=1S/C25H28N2O5S/c1-4-26(5-2)12-8-13-27-21(19-11-7-14-33-19)20(23(29)25(27)30)22(28)18-15-16-9-6-10-17(31-3)24(16)32-18/h6-7,9-11,14-15,21,29H,4-5,8,12-13H2,1-3H3. The molecule has 1 aromatic carbocycles. The lowest BCUT2D eigenvalue weighted by molar-refractivity contribution is -0.896. The van der Waals surface area contributed by atoms with Crippen molar-refractivity contribution in [3.05, 3.63) is 63.7 Å². The van der Waals surface area contributed by atoms with Crippen LogP contribution in [0, 0.1) is 0 Å². The van der Waals surface area contributed by atoms with Crippen LogP contribution in [0.2, 0.25) is 0 Å². The first-order valence-corrected chi connectivity index (χ1v) is 12.1. The fourth-order valence-electron chi connectivity index (χ4n) is 4.39. The van der Waals surface area contributed by atoms with Crippen molar-refractivity contribution < 1.29 is 28.7 Å². The molecule has 8 heteroatoms. The van der Waals surface area contributed by atoms with Crippen LogP contribution in [0.15, 0.2) is 57.5 Å². The van der Waals surface area contributed by atoms with Crippen LogP contribution in [0.5, 0.6) is 5.75 Å². The highest BCUT2D eigenvalue weighted by molar-refractivity contribution is 7.10. The summed E-state index contributed by atoms with van der Waals surface area (Å²) in [5, 5.41) is 15.6. The number of fused-ring (bicyclic) bond motifs is 1. The second-order valence-electron chi connectivity index (χ2n) is 8.04. The predicted molar refractivity (Wildman–Crippen MR) is 124 cm³/mol. The first-order valence-electron chi connectivity index (χ1n) is 11.2. The average molecular weight is 469 g/mol. The van der Waals surface area contributed by atoms with Gasteiger partial charge in [-0.2, -0.15) is 0 Å². The number of furan rings is 1. The number of carbonyl (C=O) groups is 2. The van der Waals surface area contributed by atoms with Crippen LogP contribution in [0.25, 0.3) is 11.0 Å². The van der Waals surface area contributed by atoms with Crippen LogP contribution < -0.4 is 14.7 Å². The third-order valence-corrected chi connectivity index (χ3v) is 7.15. The number of ketones is 1. The van der Waals surface area contributed by atoms with E-state index in [9.17, 15) is 14.7 Å². The fraction of sp³-hybridized carbons (Fsp3) is 0.360. The molecule has 1 aliphatic heterocycles. The van der Waals surface area contributed by atoms with Gasteiger partial charge in [0.15, 0.2) is 17.1 Å². The van der Waals surface area contributed by atoms with Gasteiger partial charge in [-0.25, -0.2) is 0 Å². The molecule has 1 atom stereocenters. The first kappa shape index (κ1) is 23.1. The molecule has 0 aliphatic carbocycles. The van der Waals surface area contributed by atoms with Crippen molar-refractivity contribution in [2.75, 3.05) is 33.3 Å².